The summed E-state index contributed by atoms with van der Waals surface area (Å²) in [5.74, 6) is 0.0150. The van der Waals surface area contributed by atoms with Gasteiger partial charge in [0.2, 0.25) is 0 Å². The van der Waals surface area contributed by atoms with Crippen LogP contribution in [0.5, 0.6) is 0 Å². The van der Waals surface area contributed by atoms with Crippen molar-refractivity contribution in [1.82, 2.24) is 20.1 Å². The van der Waals surface area contributed by atoms with Crippen molar-refractivity contribution >= 4 is 17.7 Å². The molecule has 1 aliphatic rings. The van der Waals surface area contributed by atoms with E-state index in [0.29, 0.717) is 12.1 Å². The van der Waals surface area contributed by atoms with Gasteiger partial charge < -0.3 is 19.9 Å². The number of carbonyl (C=O) groups is 2. The third kappa shape index (κ3) is 8.52. The van der Waals surface area contributed by atoms with Gasteiger partial charge in [-0.25, -0.2) is 4.79 Å². The van der Waals surface area contributed by atoms with Crippen LogP contribution < -0.4 is 10.6 Å². The van der Waals surface area contributed by atoms with Crippen molar-refractivity contribution < 1.29 is 14.3 Å². The van der Waals surface area contributed by atoms with Gasteiger partial charge in [0.25, 0.3) is 5.91 Å². The third-order valence-corrected chi connectivity index (χ3v) is 8.12. The van der Waals surface area contributed by atoms with E-state index in [0.717, 1.165) is 73.6 Å². The highest BCUT2D eigenvalue weighted by molar-refractivity contribution is 5.94. The number of aromatic nitrogens is 1. The van der Waals surface area contributed by atoms with Crippen molar-refractivity contribution in [2.45, 2.75) is 39.0 Å². The monoisotopic (exact) mass is 591 g/mol. The largest absolute Gasteiger partial charge is 0.446 e. The predicted molar refractivity (Wildman–Crippen MR) is 174 cm³/mol. The van der Waals surface area contributed by atoms with E-state index in [1.54, 1.807) is 11.1 Å². The predicted octanol–water partition coefficient (Wildman–Crippen LogP) is 6.13. The molecule has 0 atom stereocenters. The highest BCUT2D eigenvalue weighted by atomic mass is 16.6. The molecule has 1 saturated heterocycles. The Morgan fingerprint density at radius 2 is 1.64 bits per heavy atom. The molecule has 0 unspecified atom stereocenters. The maximum Gasteiger partial charge on any atom is 0.411 e. The first kappa shape index (κ1) is 30.9. The number of piperidine rings is 1. The Morgan fingerprint density at radius 3 is 2.39 bits per heavy atom. The first-order valence-electron chi connectivity index (χ1n) is 15.3. The molecule has 228 valence electrons. The van der Waals surface area contributed by atoms with E-state index in [1.165, 1.54) is 5.56 Å². The van der Waals surface area contributed by atoms with Crippen LogP contribution >= 0.6 is 0 Å². The Kier molecular flexibility index (Phi) is 10.7. The highest BCUT2D eigenvalue weighted by Crippen LogP contribution is 2.28. The molecule has 1 aliphatic heterocycles. The Bertz CT molecular complexity index is 1520. The van der Waals surface area contributed by atoms with E-state index in [-0.39, 0.29) is 12.0 Å². The summed E-state index contributed by atoms with van der Waals surface area (Å²) >= 11 is 0. The minimum absolute atomic E-state index is 0.0150. The standard InChI is InChI=1S/C36H41N5O3/c1-27-31(11-8-20-38-27)26-37-25-28-14-16-30(17-15-28)35(42)40(2)23-24-41-21-18-32(19-22-41)44-36(43)39-34-13-7-6-12-33(34)29-9-4-3-5-10-29/h3-17,20,32,37H,18-19,21-26H2,1-2H3,(H,39,43). The summed E-state index contributed by atoms with van der Waals surface area (Å²) in [7, 11) is 1.85. The van der Waals surface area contributed by atoms with Crippen LogP contribution in [0, 0.1) is 6.92 Å². The van der Waals surface area contributed by atoms with Gasteiger partial charge in [0, 0.05) is 69.3 Å². The minimum Gasteiger partial charge on any atom is -0.446 e. The van der Waals surface area contributed by atoms with Crippen molar-refractivity contribution in [1.29, 1.82) is 0 Å². The Labute approximate surface area is 260 Å². The number of para-hydroxylation sites is 1. The molecule has 0 spiro atoms. The van der Waals surface area contributed by atoms with Gasteiger partial charge in [-0.15, -0.1) is 0 Å². The van der Waals surface area contributed by atoms with Gasteiger partial charge in [0.1, 0.15) is 6.10 Å². The van der Waals surface area contributed by atoms with Crippen LogP contribution in [0.2, 0.25) is 0 Å². The number of nitrogens with zero attached hydrogens (tertiary/aromatic N) is 3. The van der Waals surface area contributed by atoms with E-state index in [4.69, 9.17) is 4.74 Å². The molecule has 0 radical (unpaired) electrons. The number of pyridine rings is 1. The number of rotatable bonds is 11. The summed E-state index contributed by atoms with van der Waals surface area (Å²) in [5.41, 5.74) is 6.76. The number of likely N-dealkylation sites (tertiary alicyclic amines) is 1. The summed E-state index contributed by atoms with van der Waals surface area (Å²) < 4.78 is 5.77. The molecule has 8 heteroatoms. The number of amides is 2. The lowest BCUT2D eigenvalue weighted by Crippen LogP contribution is -2.42. The molecule has 8 nitrogen and oxygen atoms in total. The number of carbonyl (C=O) groups excluding carboxylic acids is 2. The summed E-state index contributed by atoms with van der Waals surface area (Å²) in [6, 6.07) is 29.6. The molecule has 1 fully saturated rings. The van der Waals surface area contributed by atoms with Crippen molar-refractivity contribution in [3.05, 3.63) is 120 Å². The van der Waals surface area contributed by atoms with E-state index >= 15 is 0 Å². The van der Waals surface area contributed by atoms with Crippen LogP contribution in [0.4, 0.5) is 10.5 Å². The zero-order chi connectivity index (χ0) is 30.7. The fourth-order valence-corrected chi connectivity index (χ4v) is 5.43. The normalized spacial score (nSPS) is 13.8. The van der Waals surface area contributed by atoms with Gasteiger partial charge >= 0.3 is 6.09 Å². The van der Waals surface area contributed by atoms with Crippen LogP contribution in [-0.4, -0.2) is 66.1 Å². The average Bonchev–Trinajstić information content (AvgIpc) is 3.06. The molecule has 5 rings (SSSR count). The number of hydrogen-bond donors (Lipinski definition) is 2. The molecule has 3 aromatic carbocycles. The van der Waals surface area contributed by atoms with Crippen LogP contribution in [0.15, 0.2) is 97.2 Å². The first-order chi connectivity index (χ1) is 21.5. The molecule has 4 aromatic rings. The SMILES string of the molecule is Cc1ncccc1CNCc1ccc(C(=O)N(C)CCN2CCC(OC(=O)Nc3ccccc3-c3ccccc3)CC2)cc1. The third-order valence-electron chi connectivity index (χ3n) is 8.12. The number of ether oxygens (including phenoxy) is 1. The number of likely N-dealkylation sites (N-methyl/N-ethyl adjacent to an activating group) is 1. The van der Waals surface area contributed by atoms with Crippen LogP contribution in [0.3, 0.4) is 0 Å². The molecule has 1 aromatic heterocycles. The zero-order valence-corrected chi connectivity index (χ0v) is 25.5. The van der Waals surface area contributed by atoms with Crippen molar-refractivity contribution in [3.63, 3.8) is 0 Å². The lowest BCUT2D eigenvalue weighted by atomic mass is 10.0. The quantitative estimate of drug-likeness (QED) is 0.218. The summed E-state index contributed by atoms with van der Waals surface area (Å²) in [5, 5.41) is 6.38. The first-order valence-corrected chi connectivity index (χ1v) is 15.3. The fraction of sp³-hybridized carbons (Fsp3) is 0.306. The second-order valence-electron chi connectivity index (χ2n) is 11.3. The molecular formula is C36H41N5O3. The van der Waals surface area contributed by atoms with E-state index in [9.17, 15) is 9.59 Å². The zero-order valence-electron chi connectivity index (χ0n) is 25.5. The van der Waals surface area contributed by atoms with Crippen LogP contribution in [-0.2, 0) is 17.8 Å². The second kappa shape index (κ2) is 15.3. The number of aryl methyl sites for hydroxylation is 1. The molecule has 0 bridgehead atoms. The maximum absolute atomic E-state index is 13.0. The summed E-state index contributed by atoms with van der Waals surface area (Å²) in [4.78, 5) is 34.2. The lowest BCUT2D eigenvalue weighted by molar-refractivity contribution is 0.0540. The summed E-state index contributed by atoms with van der Waals surface area (Å²) in [6.45, 7) is 6.54. The van der Waals surface area contributed by atoms with E-state index in [2.05, 4.69) is 26.6 Å². The van der Waals surface area contributed by atoms with Gasteiger partial charge in [-0.1, -0.05) is 66.7 Å². The van der Waals surface area contributed by atoms with Gasteiger partial charge in [-0.05, 0) is 60.7 Å². The van der Waals surface area contributed by atoms with Crippen LogP contribution in [0.1, 0.15) is 40.0 Å². The molecule has 2 heterocycles. The fourth-order valence-electron chi connectivity index (χ4n) is 5.43. The molecule has 0 aliphatic carbocycles. The van der Waals surface area contributed by atoms with Crippen LogP contribution in [0.25, 0.3) is 11.1 Å². The molecule has 0 saturated carbocycles. The lowest BCUT2D eigenvalue weighted by Gasteiger charge is -2.32. The average molecular weight is 592 g/mol. The number of benzene rings is 3. The molecule has 44 heavy (non-hydrogen) atoms. The van der Waals surface area contributed by atoms with Gasteiger partial charge in [-0.3, -0.25) is 15.1 Å². The van der Waals surface area contributed by atoms with E-state index in [1.807, 2.05) is 98.9 Å². The number of nitrogens with one attached hydrogen (secondary N) is 2. The minimum atomic E-state index is -0.428. The number of hydrogen-bond acceptors (Lipinski definition) is 6. The smallest absolute Gasteiger partial charge is 0.411 e. The molecule has 2 amide bonds. The van der Waals surface area contributed by atoms with Gasteiger partial charge in [-0.2, -0.15) is 0 Å². The topological polar surface area (TPSA) is 86.8 Å². The Morgan fingerprint density at radius 1 is 0.909 bits per heavy atom. The Hall–Kier alpha value is -4.53. The van der Waals surface area contributed by atoms with Crippen molar-refractivity contribution in [3.8, 4) is 11.1 Å². The van der Waals surface area contributed by atoms with Gasteiger partial charge in [0.15, 0.2) is 0 Å². The molecule has 2 N–H and O–H groups in total. The Balaban J connectivity index is 1.01. The summed E-state index contributed by atoms with van der Waals surface area (Å²) in [6.07, 6.45) is 2.78. The number of anilines is 1. The van der Waals surface area contributed by atoms with Crippen molar-refractivity contribution in [2.24, 2.45) is 0 Å². The van der Waals surface area contributed by atoms with E-state index < -0.39 is 6.09 Å². The molecular weight excluding hydrogens is 550 g/mol. The van der Waals surface area contributed by atoms with Gasteiger partial charge in [0.05, 0.1) is 5.69 Å². The maximum atomic E-state index is 13.0. The highest BCUT2D eigenvalue weighted by Gasteiger charge is 2.23. The van der Waals surface area contributed by atoms with Crippen molar-refractivity contribution in [2.75, 3.05) is 38.5 Å². The second-order valence-corrected chi connectivity index (χ2v) is 11.3.